The van der Waals surface area contributed by atoms with Crippen LogP contribution < -0.4 is 14.4 Å². The number of benzene rings is 2. The molecule has 1 atom stereocenters. The Morgan fingerprint density at radius 2 is 1.97 bits per heavy atom. The molecule has 1 saturated heterocycles. The van der Waals surface area contributed by atoms with Gasteiger partial charge >= 0.3 is 0 Å². The Balaban J connectivity index is 1.33. The van der Waals surface area contributed by atoms with Gasteiger partial charge in [0.05, 0.1) is 19.3 Å². The minimum absolute atomic E-state index is 0.0120. The first-order chi connectivity index (χ1) is 16.7. The smallest absolute Gasteiger partial charge is 0.253 e. The first-order valence-electron chi connectivity index (χ1n) is 11.3. The molecule has 0 radical (unpaired) electrons. The minimum Gasteiger partial charge on any atom is -0.497 e. The van der Waals surface area contributed by atoms with Crippen LogP contribution in [0.5, 0.6) is 11.5 Å². The van der Waals surface area contributed by atoms with E-state index in [1.54, 1.807) is 18.2 Å². The topological polar surface area (TPSA) is 78.7 Å². The van der Waals surface area contributed by atoms with E-state index in [1.807, 2.05) is 65.5 Å². The second-order valence-corrected chi connectivity index (χ2v) is 8.01. The molecule has 1 unspecified atom stereocenters. The molecule has 0 N–H and O–H groups in total. The third-order valence-corrected chi connectivity index (χ3v) is 5.91. The fourth-order valence-electron chi connectivity index (χ4n) is 4.09. The predicted octanol–water partition coefficient (Wildman–Crippen LogP) is 3.94. The van der Waals surface area contributed by atoms with Crippen LogP contribution in [0.25, 0.3) is 22.2 Å². The molecular formula is C26H26N4O4. The van der Waals surface area contributed by atoms with Crippen LogP contribution in [0.2, 0.25) is 0 Å². The number of carbonyl (C=O) groups is 1. The maximum absolute atomic E-state index is 12.5. The van der Waals surface area contributed by atoms with Gasteiger partial charge in [0, 0.05) is 35.6 Å². The molecule has 5 rings (SSSR count). The number of nitrogens with zero attached hydrogens (tertiary/aromatic N) is 4. The van der Waals surface area contributed by atoms with Crippen LogP contribution in [0.1, 0.15) is 6.92 Å². The highest BCUT2D eigenvalue weighted by molar-refractivity contribution is 5.97. The van der Waals surface area contributed by atoms with Crippen molar-refractivity contribution >= 4 is 22.5 Å². The molecule has 2 aromatic heterocycles. The summed E-state index contributed by atoms with van der Waals surface area (Å²) in [5.41, 5.74) is 3.48. The van der Waals surface area contributed by atoms with Crippen molar-refractivity contribution in [3.8, 4) is 22.8 Å². The van der Waals surface area contributed by atoms with Gasteiger partial charge in [0.2, 0.25) is 0 Å². The number of aromatic nitrogens is 3. The van der Waals surface area contributed by atoms with Gasteiger partial charge in [0.15, 0.2) is 0 Å². The highest BCUT2D eigenvalue weighted by Crippen LogP contribution is 2.33. The Hall–Kier alpha value is -3.91. The number of ether oxygens (including phenoxy) is 3. The fourth-order valence-corrected chi connectivity index (χ4v) is 4.09. The molecule has 3 heterocycles. The molecule has 4 aromatic rings. The maximum atomic E-state index is 12.5. The second kappa shape index (κ2) is 9.52. The summed E-state index contributed by atoms with van der Waals surface area (Å²) in [5.74, 6) is 1.34. The molecule has 1 aliphatic heterocycles. The van der Waals surface area contributed by atoms with Crippen LogP contribution >= 0.6 is 0 Å². The van der Waals surface area contributed by atoms with E-state index >= 15 is 0 Å². The standard InChI is InChI=1S/C26H26N4O4/c1-3-29-14-12-23(28-29)21-10-11-24(26-22(21)5-4-13-27-26)34-16-20-15-30(25(31)17-33-20)18-6-8-19(32-2)9-7-18/h4-14,20H,3,15-17H2,1-2H3. The van der Waals surface area contributed by atoms with Gasteiger partial charge in [-0.05, 0) is 55.5 Å². The lowest BCUT2D eigenvalue weighted by molar-refractivity contribution is -0.130. The Bertz CT molecular complexity index is 1300. The van der Waals surface area contributed by atoms with Crippen molar-refractivity contribution in [2.24, 2.45) is 0 Å². The average Bonchev–Trinajstić information content (AvgIpc) is 3.37. The third-order valence-electron chi connectivity index (χ3n) is 5.91. The summed E-state index contributed by atoms with van der Waals surface area (Å²) in [4.78, 5) is 18.7. The molecular weight excluding hydrogens is 432 g/mol. The zero-order valence-corrected chi connectivity index (χ0v) is 19.2. The molecule has 1 amide bonds. The fraction of sp³-hybridized carbons (Fsp3) is 0.269. The zero-order valence-electron chi connectivity index (χ0n) is 19.2. The predicted molar refractivity (Wildman–Crippen MR) is 129 cm³/mol. The Morgan fingerprint density at radius 3 is 2.74 bits per heavy atom. The van der Waals surface area contributed by atoms with E-state index in [0.717, 1.165) is 40.1 Å². The summed E-state index contributed by atoms with van der Waals surface area (Å²) >= 11 is 0. The number of anilines is 1. The van der Waals surface area contributed by atoms with E-state index in [1.165, 1.54) is 0 Å². The molecule has 0 bridgehead atoms. The SMILES string of the molecule is CCn1ccc(-c2ccc(OCC3CN(c4ccc(OC)cc4)C(=O)CO3)c3ncccc23)n1. The second-order valence-electron chi connectivity index (χ2n) is 8.01. The number of carbonyl (C=O) groups excluding carboxylic acids is 1. The largest absolute Gasteiger partial charge is 0.497 e. The van der Waals surface area contributed by atoms with Gasteiger partial charge in [-0.1, -0.05) is 6.07 Å². The lowest BCUT2D eigenvalue weighted by Crippen LogP contribution is -2.48. The van der Waals surface area contributed by atoms with Gasteiger partial charge in [-0.25, -0.2) is 0 Å². The molecule has 8 heteroatoms. The number of hydrogen-bond acceptors (Lipinski definition) is 6. The molecule has 1 fully saturated rings. The van der Waals surface area contributed by atoms with Gasteiger partial charge in [-0.15, -0.1) is 0 Å². The van der Waals surface area contributed by atoms with E-state index in [4.69, 9.17) is 14.2 Å². The van der Waals surface area contributed by atoms with Crippen molar-refractivity contribution in [2.45, 2.75) is 19.6 Å². The molecule has 1 aliphatic rings. The molecule has 34 heavy (non-hydrogen) atoms. The first-order valence-corrected chi connectivity index (χ1v) is 11.3. The van der Waals surface area contributed by atoms with Crippen LogP contribution in [-0.4, -0.2) is 53.6 Å². The highest BCUT2D eigenvalue weighted by Gasteiger charge is 2.28. The lowest BCUT2D eigenvalue weighted by Gasteiger charge is -2.32. The summed E-state index contributed by atoms with van der Waals surface area (Å²) in [6.07, 6.45) is 3.46. The quantitative estimate of drug-likeness (QED) is 0.418. The maximum Gasteiger partial charge on any atom is 0.253 e. The number of aryl methyl sites for hydroxylation is 1. The number of pyridine rings is 1. The van der Waals surface area contributed by atoms with Crippen molar-refractivity contribution in [1.82, 2.24) is 14.8 Å². The summed E-state index contributed by atoms with van der Waals surface area (Å²) < 4.78 is 19.0. The lowest BCUT2D eigenvalue weighted by atomic mass is 10.1. The number of methoxy groups -OCH3 is 1. The Morgan fingerprint density at radius 1 is 1.12 bits per heavy atom. The normalized spacial score (nSPS) is 16.1. The molecule has 0 saturated carbocycles. The first kappa shape index (κ1) is 21.9. The summed E-state index contributed by atoms with van der Waals surface area (Å²) in [6, 6.07) is 17.3. The van der Waals surface area contributed by atoms with Crippen molar-refractivity contribution in [2.75, 3.05) is 31.8 Å². The van der Waals surface area contributed by atoms with E-state index in [2.05, 4.69) is 17.0 Å². The Kier molecular flexibility index (Phi) is 6.14. The number of fused-ring (bicyclic) bond motifs is 1. The van der Waals surface area contributed by atoms with Crippen LogP contribution in [0.3, 0.4) is 0 Å². The minimum atomic E-state index is -0.265. The molecule has 8 nitrogen and oxygen atoms in total. The number of hydrogen-bond donors (Lipinski definition) is 0. The molecule has 2 aromatic carbocycles. The summed E-state index contributed by atoms with van der Waals surface area (Å²) in [6.45, 7) is 3.59. The van der Waals surface area contributed by atoms with Crippen LogP contribution in [0, 0.1) is 0 Å². The van der Waals surface area contributed by atoms with Crippen molar-refractivity contribution in [3.05, 3.63) is 67.0 Å². The molecule has 0 spiro atoms. The van der Waals surface area contributed by atoms with Crippen molar-refractivity contribution < 1.29 is 19.0 Å². The van der Waals surface area contributed by atoms with Crippen LogP contribution in [0.4, 0.5) is 5.69 Å². The highest BCUT2D eigenvalue weighted by atomic mass is 16.5. The van der Waals surface area contributed by atoms with Crippen LogP contribution in [-0.2, 0) is 16.1 Å². The van der Waals surface area contributed by atoms with E-state index < -0.39 is 0 Å². The van der Waals surface area contributed by atoms with E-state index in [-0.39, 0.29) is 18.6 Å². The number of morpholine rings is 1. The van der Waals surface area contributed by atoms with E-state index in [0.29, 0.717) is 18.9 Å². The van der Waals surface area contributed by atoms with Gasteiger partial charge < -0.3 is 19.1 Å². The number of rotatable bonds is 7. The summed E-state index contributed by atoms with van der Waals surface area (Å²) in [7, 11) is 1.62. The van der Waals surface area contributed by atoms with E-state index in [9.17, 15) is 4.79 Å². The third kappa shape index (κ3) is 4.32. The van der Waals surface area contributed by atoms with Gasteiger partial charge in [0.1, 0.15) is 36.3 Å². The monoisotopic (exact) mass is 458 g/mol. The van der Waals surface area contributed by atoms with Gasteiger partial charge in [0.25, 0.3) is 5.91 Å². The number of amides is 1. The Labute approximate surface area is 197 Å². The summed E-state index contributed by atoms with van der Waals surface area (Å²) in [5, 5.41) is 5.61. The van der Waals surface area contributed by atoms with Gasteiger partial charge in [-0.3, -0.25) is 14.5 Å². The van der Waals surface area contributed by atoms with Gasteiger partial charge in [-0.2, -0.15) is 5.10 Å². The zero-order chi connectivity index (χ0) is 23.5. The van der Waals surface area contributed by atoms with Crippen molar-refractivity contribution in [3.63, 3.8) is 0 Å². The molecule has 0 aliphatic carbocycles. The van der Waals surface area contributed by atoms with Crippen LogP contribution in [0.15, 0.2) is 67.0 Å². The average molecular weight is 459 g/mol. The van der Waals surface area contributed by atoms with Crippen molar-refractivity contribution in [1.29, 1.82) is 0 Å². The molecule has 174 valence electrons.